The van der Waals surface area contributed by atoms with E-state index < -0.39 is 22.0 Å². The monoisotopic (exact) mass is 596 g/mol. The molecule has 0 aliphatic carbocycles. The number of aromatic carboxylic acids is 1. The normalized spacial score (nSPS) is 24.4. The predicted molar refractivity (Wildman–Crippen MR) is 144 cm³/mol. The third kappa shape index (κ3) is 6.75. The molecule has 4 aliphatic rings. The number of ether oxygens (including phenoxy) is 2. The van der Waals surface area contributed by atoms with Gasteiger partial charge in [-0.3, -0.25) is 0 Å². The van der Waals surface area contributed by atoms with E-state index in [2.05, 4.69) is 24.5 Å². The molecule has 1 aromatic heterocycles. The summed E-state index contributed by atoms with van der Waals surface area (Å²) in [5.41, 5.74) is -0.212. The van der Waals surface area contributed by atoms with Crippen molar-refractivity contribution in [1.29, 1.82) is 0 Å². The third-order valence-electron chi connectivity index (χ3n) is 8.61. The van der Waals surface area contributed by atoms with Crippen LogP contribution in [0, 0.1) is 11.2 Å². The van der Waals surface area contributed by atoms with E-state index in [0.29, 0.717) is 31.3 Å². The molecule has 42 heavy (non-hydrogen) atoms. The summed E-state index contributed by atoms with van der Waals surface area (Å²) in [5, 5.41) is 11.5. The molecule has 0 radical (unpaired) electrons. The van der Waals surface area contributed by atoms with Gasteiger partial charge in [-0.25, -0.2) is 14.4 Å². The predicted octanol–water partition coefficient (Wildman–Crippen LogP) is -2.23. The number of likely N-dealkylation sites (tertiary alicyclic amines) is 1. The average Bonchev–Trinajstić information content (AvgIpc) is 2.89. The minimum absolute atomic E-state index is 0. The van der Waals surface area contributed by atoms with Crippen LogP contribution in [0.4, 0.5) is 10.2 Å². The van der Waals surface area contributed by atoms with Gasteiger partial charge in [0, 0.05) is 49.7 Å². The molecule has 4 saturated heterocycles. The van der Waals surface area contributed by atoms with Crippen molar-refractivity contribution in [2.24, 2.45) is 5.41 Å². The van der Waals surface area contributed by atoms with Crippen LogP contribution in [-0.2, 0) is 14.9 Å². The smallest absolute Gasteiger partial charge is 0.545 e. The maximum absolute atomic E-state index is 13.6. The molecule has 2 aromatic rings. The maximum atomic E-state index is 13.6. The van der Waals surface area contributed by atoms with Gasteiger partial charge >= 0.3 is 18.9 Å². The number of benzene rings is 1. The molecule has 6 rings (SSSR count). The van der Waals surface area contributed by atoms with Gasteiger partial charge in [0.15, 0.2) is 11.6 Å². The molecule has 0 saturated carbocycles. The molecule has 0 unspecified atom stereocenters. The molecule has 0 bridgehead atoms. The Balaban J connectivity index is 0.00000353. The first-order valence-corrected chi connectivity index (χ1v) is 15.5. The Morgan fingerprint density at radius 2 is 1.93 bits per heavy atom. The Labute approximate surface area is 256 Å². The molecule has 1 aromatic carbocycles. The van der Waals surface area contributed by atoms with Crippen LogP contribution in [0.25, 0.3) is 0 Å². The topological polar surface area (TPSA) is 140 Å². The zero-order valence-electron chi connectivity index (χ0n) is 23.7. The molecule has 5 heterocycles. The largest absolute Gasteiger partial charge is 1.00 e. The number of hydrogen-bond acceptors (Lipinski definition) is 10. The second-order valence-electron chi connectivity index (χ2n) is 11.5. The Morgan fingerprint density at radius 1 is 1.17 bits per heavy atom. The Hall–Kier alpha value is -2.31. The molecule has 1 spiro atoms. The van der Waals surface area contributed by atoms with E-state index in [-0.39, 0.29) is 47.7 Å². The molecule has 12 nitrogen and oxygen atoms in total. The Bertz CT molecular complexity index is 1370. The van der Waals surface area contributed by atoms with Crippen molar-refractivity contribution in [1.82, 2.24) is 23.9 Å². The van der Waals surface area contributed by atoms with Crippen LogP contribution in [0.5, 0.6) is 11.5 Å². The van der Waals surface area contributed by atoms with E-state index in [9.17, 15) is 22.7 Å². The van der Waals surface area contributed by atoms with Gasteiger partial charge < -0.3 is 29.2 Å². The number of aromatic nitrogens is 2. The van der Waals surface area contributed by atoms with Crippen LogP contribution in [-0.4, -0.2) is 98.1 Å². The van der Waals surface area contributed by atoms with Gasteiger partial charge in [0.2, 0.25) is 0 Å². The summed E-state index contributed by atoms with van der Waals surface area (Å²) in [6.45, 7) is 5.93. The summed E-state index contributed by atoms with van der Waals surface area (Å²) in [5.74, 6) is -1.39. The summed E-state index contributed by atoms with van der Waals surface area (Å²) >= 11 is 0. The first-order chi connectivity index (χ1) is 19.7. The summed E-state index contributed by atoms with van der Waals surface area (Å²) in [4.78, 5) is 24.4. The number of piperidine rings is 1. The van der Waals surface area contributed by atoms with Gasteiger partial charge in [0.05, 0.1) is 24.9 Å². The second kappa shape index (κ2) is 12.7. The minimum Gasteiger partial charge on any atom is -0.545 e. The molecule has 4 aliphatic heterocycles. The molecular formula is C27H34FLiN6O6S. The van der Waals surface area contributed by atoms with E-state index in [1.54, 1.807) is 0 Å². The van der Waals surface area contributed by atoms with Crippen molar-refractivity contribution in [2.75, 3.05) is 57.3 Å². The molecule has 4 fully saturated rings. The van der Waals surface area contributed by atoms with Crippen molar-refractivity contribution in [2.45, 2.75) is 44.2 Å². The van der Waals surface area contributed by atoms with Crippen molar-refractivity contribution in [3.05, 3.63) is 42.1 Å². The fourth-order valence-corrected chi connectivity index (χ4v) is 7.57. The van der Waals surface area contributed by atoms with Crippen LogP contribution in [0.3, 0.4) is 0 Å². The minimum atomic E-state index is -3.39. The molecule has 222 valence electrons. The van der Waals surface area contributed by atoms with E-state index in [1.807, 2.05) is 0 Å². The Kier molecular flexibility index (Phi) is 9.44. The number of carbonyl (C=O) groups is 1. The van der Waals surface area contributed by atoms with E-state index >= 15 is 0 Å². The third-order valence-corrected chi connectivity index (χ3v) is 10.3. The van der Waals surface area contributed by atoms with Crippen LogP contribution < -0.4 is 38.3 Å². The fourth-order valence-electron chi connectivity index (χ4n) is 6.07. The quantitative estimate of drug-likeness (QED) is 0.316. The van der Waals surface area contributed by atoms with E-state index in [4.69, 9.17) is 9.47 Å². The summed E-state index contributed by atoms with van der Waals surface area (Å²) < 4.78 is 54.4. The Morgan fingerprint density at radius 3 is 2.57 bits per heavy atom. The van der Waals surface area contributed by atoms with Crippen molar-refractivity contribution in [3.63, 3.8) is 0 Å². The molecule has 1 N–H and O–H groups in total. The van der Waals surface area contributed by atoms with Gasteiger partial charge in [-0.1, -0.05) is 0 Å². The van der Waals surface area contributed by atoms with Gasteiger partial charge in [0.1, 0.15) is 17.9 Å². The van der Waals surface area contributed by atoms with E-state index in [1.165, 1.54) is 22.9 Å². The number of carboxylic acids is 1. The number of hydrogen-bond donors (Lipinski definition) is 1. The summed E-state index contributed by atoms with van der Waals surface area (Å²) in [6, 6.07) is 3.08. The first kappa shape index (κ1) is 31.1. The number of nitrogens with one attached hydrogen (secondary N) is 1. The second-order valence-corrected chi connectivity index (χ2v) is 13.2. The number of rotatable bonds is 9. The zero-order chi connectivity index (χ0) is 28.6. The molecule has 15 heteroatoms. The standard InChI is InChI=1S/C27H35FN6O6S.Li/c28-19-2-5-23(22(12-19)26(35)36)40-24-13-29-18-30-25(24)33-16-27(17-33)6-10-32(11-7-27)14-21-4-3-20(15-39-21)31-41(37,38)34-8-1-9-34;/h2,5,12-13,18,20-21,31H,1,3-4,6-11,14-17H2,(H,35,36);/q;+1/p-1/t20-,21+;/m1./s1. The fraction of sp³-hybridized carbons (Fsp3) is 0.593. The van der Waals surface area contributed by atoms with Crippen LogP contribution in [0.15, 0.2) is 30.7 Å². The number of carbonyl (C=O) groups excluding carboxylic acids is 1. The summed E-state index contributed by atoms with van der Waals surface area (Å²) in [6.07, 6.45) is 7.58. The van der Waals surface area contributed by atoms with Gasteiger partial charge in [-0.05, 0) is 63.4 Å². The SMILES string of the molecule is O=C([O-])c1cc(F)ccc1Oc1cncnc1N1CC2(CCN(C[C@@H]3CC[C@@H](NS(=O)(=O)N4CCC4)CO3)CC2)C1.[Li+]. The molecule has 2 atom stereocenters. The molecule has 0 amide bonds. The summed E-state index contributed by atoms with van der Waals surface area (Å²) in [7, 11) is -3.39. The number of nitrogens with zero attached hydrogens (tertiary/aromatic N) is 5. The first-order valence-electron chi connectivity index (χ1n) is 14.0. The molecular weight excluding hydrogens is 562 g/mol. The average molecular weight is 597 g/mol. The van der Waals surface area contributed by atoms with Crippen LogP contribution in [0.1, 0.15) is 42.5 Å². The van der Waals surface area contributed by atoms with Crippen molar-refractivity contribution < 1.29 is 51.0 Å². The van der Waals surface area contributed by atoms with Gasteiger partial charge in [-0.2, -0.15) is 17.4 Å². The van der Waals surface area contributed by atoms with E-state index in [0.717, 1.165) is 77.0 Å². The zero-order valence-corrected chi connectivity index (χ0v) is 24.5. The number of carboxylic acid groups (broad SMARTS) is 1. The van der Waals surface area contributed by atoms with Crippen molar-refractivity contribution >= 4 is 22.0 Å². The van der Waals surface area contributed by atoms with Crippen LogP contribution in [0.2, 0.25) is 0 Å². The van der Waals surface area contributed by atoms with Gasteiger partial charge in [-0.15, -0.1) is 0 Å². The number of halogens is 1. The van der Waals surface area contributed by atoms with Gasteiger partial charge in [0.25, 0.3) is 10.2 Å². The number of anilines is 1. The maximum Gasteiger partial charge on any atom is 1.00 e. The van der Waals surface area contributed by atoms with Crippen molar-refractivity contribution in [3.8, 4) is 11.5 Å². The van der Waals surface area contributed by atoms with Crippen LogP contribution >= 0.6 is 0 Å².